The van der Waals surface area contributed by atoms with Crippen molar-refractivity contribution in [2.24, 2.45) is 0 Å². The first-order chi connectivity index (χ1) is 19.0. The first-order valence-corrected chi connectivity index (χ1v) is 13.0. The minimum absolute atomic E-state index is 0.00227. The third-order valence-corrected chi connectivity index (χ3v) is 6.58. The zero-order chi connectivity index (χ0) is 27.2. The lowest BCUT2D eigenvalue weighted by Crippen LogP contribution is -2.28. The molecule has 1 unspecified atom stereocenters. The fraction of sp³-hybridized carbons (Fsp3) is 0.276. The van der Waals surface area contributed by atoms with E-state index in [1.54, 1.807) is 36.7 Å². The lowest BCUT2D eigenvalue weighted by molar-refractivity contribution is 0.399. The number of hydrogen-bond acceptors (Lipinski definition) is 7. The minimum Gasteiger partial charge on any atom is -0.353 e. The second-order valence-electron chi connectivity index (χ2n) is 9.71. The molecule has 1 fully saturated rings. The number of anilines is 1. The van der Waals surface area contributed by atoms with Crippen molar-refractivity contribution in [1.82, 2.24) is 34.7 Å². The van der Waals surface area contributed by atoms with Crippen LogP contribution in [-0.4, -0.2) is 74.3 Å². The summed E-state index contributed by atoms with van der Waals surface area (Å²) in [5.74, 6) is 1.31. The fourth-order valence-electron chi connectivity index (χ4n) is 4.63. The van der Waals surface area contributed by atoms with Gasteiger partial charge in [0.1, 0.15) is 17.5 Å². The van der Waals surface area contributed by atoms with Crippen LogP contribution in [0.4, 0.5) is 10.3 Å². The summed E-state index contributed by atoms with van der Waals surface area (Å²) in [4.78, 5) is 25.5. The van der Waals surface area contributed by atoms with Gasteiger partial charge in [-0.1, -0.05) is 18.2 Å². The van der Waals surface area contributed by atoms with Crippen molar-refractivity contribution >= 4 is 17.9 Å². The summed E-state index contributed by atoms with van der Waals surface area (Å²) in [5, 5.41) is 11.9. The van der Waals surface area contributed by atoms with Crippen LogP contribution in [0.25, 0.3) is 28.9 Å². The molecular weight excluding hydrogens is 493 g/mol. The first kappa shape index (κ1) is 26.2. The number of likely N-dealkylation sites (N-methyl/N-ethyl adjacent to an activating group) is 1. The zero-order valence-electron chi connectivity index (χ0n) is 22.1. The number of pyridine rings is 1. The molecule has 200 valence electrons. The third-order valence-electron chi connectivity index (χ3n) is 6.58. The van der Waals surface area contributed by atoms with E-state index in [0.717, 1.165) is 60.8 Å². The SMILES string of the molecule is CN(C)CCNc1nccc(-c2cccc(-c3cnc(/C=C\C(=N)N4CCCC4c4cccc(F)c4)[nH]3)n2)n1. The Hall–Kier alpha value is -4.44. The number of nitrogens with zero attached hydrogens (tertiary/aromatic N) is 6. The van der Waals surface area contributed by atoms with Crippen LogP contribution in [0.5, 0.6) is 0 Å². The number of rotatable bonds is 9. The molecule has 0 radical (unpaired) electrons. The van der Waals surface area contributed by atoms with Crippen LogP contribution in [0.15, 0.2) is 67.0 Å². The highest BCUT2D eigenvalue weighted by Gasteiger charge is 2.27. The van der Waals surface area contributed by atoms with Crippen molar-refractivity contribution in [2.45, 2.75) is 18.9 Å². The molecule has 5 rings (SSSR count). The van der Waals surface area contributed by atoms with E-state index in [9.17, 15) is 4.39 Å². The van der Waals surface area contributed by atoms with Crippen LogP contribution < -0.4 is 5.32 Å². The van der Waals surface area contributed by atoms with Crippen molar-refractivity contribution in [3.63, 3.8) is 0 Å². The Balaban J connectivity index is 1.27. The quantitative estimate of drug-likeness (QED) is 0.211. The minimum atomic E-state index is -0.251. The summed E-state index contributed by atoms with van der Waals surface area (Å²) in [6.07, 6.45) is 8.83. The molecule has 1 aliphatic heterocycles. The largest absolute Gasteiger partial charge is 0.353 e. The highest BCUT2D eigenvalue weighted by molar-refractivity contribution is 5.94. The number of aromatic amines is 1. The van der Waals surface area contributed by atoms with Crippen molar-refractivity contribution in [3.8, 4) is 22.8 Å². The zero-order valence-corrected chi connectivity index (χ0v) is 22.1. The van der Waals surface area contributed by atoms with E-state index < -0.39 is 0 Å². The lowest BCUT2D eigenvalue weighted by Gasteiger charge is -2.26. The van der Waals surface area contributed by atoms with Crippen LogP contribution >= 0.6 is 0 Å². The van der Waals surface area contributed by atoms with E-state index in [1.807, 2.05) is 49.3 Å². The molecule has 4 aromatic rings. The predicted molar refractivity (Wildman–Crippen MR) is 152 cm³/mol. The number of benzene rings is 1. The van der Waals surface area contributed by atoms with Gasteiger partial charge in [0.25, 0.3) is 0 Å². The Morgan fingerprint density at radius 1 is 1.13 bits per heavy atom. The van der Waals surface area contributed by atoms with Crippen LogP contribution in [0, 0.1) is 11.2 Å². The van der Waals surface area contributed by atoms with Gasteiger partial charge in [0.15, 0.2) is 0 Å². The van der Waals surface area contributed by atoms with E-state index in [-0.39, 0.29) is 11.9 Å². The summed E-state index contributed by atoms with van der Waals surface area (Å²) in [5.41, 5.74) is 3.86. The van der Waals surface area contributed by atoms with E-state index in [0.29, 0.717) is 17.6 Å². The van der Waals surface area contributed by atoms with E-state index in [1.165, 1.54) is 6.07 Å². The molecule has 1 aromatic carbocycles. The first-order valence-electron chi connectivity index (χ1n) is 13.0. The Morgan fingerprint density at radius 2 is 1.95 bits per heavy atom. The molecule has 0 saturated carbocycles. The maximum Gasteiger partial charge on any atom is 0.223 e. The van der Waals surface area contributed by atoms with Gasteiger partial charge < -0.3 is 20.1 Å². The number of H-pyrrole nitrogens is 1. The maximum absolute atomic E-state index is 13.8. The van der Waals surface area contributed by atoms with Crippen LogP contribution in [-0.2, 0) is 0 Å². The van der Waals surface area contributed by atoms with E-state index >= 15 is 0 Å². The molecule has 0 spiro atoms. The summed E-state index contributed by atoms with van der Waals surface area (Å²) in [6.45, 7) is 2.39. The smallest absolute Gasteiger partial charge is 0.223 e. The normalized spacial score (nSPS) is 15.4. The molecule has 3 N–H and O–H groups in total. The highest BCUT2D eigenvalue weighted by Crippen LogP contribution is 2.32. The Labute approximate surface area is 227 Å². The van der Waals surface area contributed by atoms with Gasteiger partial charge in [-0.3, -0.25) is 5.41 Å². The monoisotopic (exact) mass is 525 g/mol. The highest BCUT2D eigenvalue weighted by atomic mass is 19.1. The number of hydrogen-bond donors (Lipinski definition) is 3. The number of halogens is 1. The number of imidazole rings is 1. The van der Waals surface area contributed by atoms with Crippen molar-refractivity contribution in [1.29, 1.82) is 5.41 Å². The summed E-state index contributed by atoms with van der Waals surface area (Å²) in [6, 6.07) is 14.3. The average molecular weight is 526 g/mol. The molecule has 0 bridgehead atoms. The number of amidine groups is 1. The molecule has 1 aliphatic rings. The van der Waals surface area contributed by atoms with Gasteiger partial charge in [-0.15, -0.1) is 0 Å². The Morgan fingerprint density at radius 3 is 2.79 bits per heavy atom. The van der Waals surface area contributed by atoms with Gasteiger partial charge in [0.2, 0.25) is 5.95 Å². The van der Waals surface area contributed by atoms with Gasteiger partial charge in [-0.2, -0.15) is 0 Å². The molecule has 0 aliphatic carbocycles. The van der Waals surface area contributed by atoms with E-state index in [4.69, 9.17) is 10.4 Å². The third kappa shape index (κ3) is 6.53. The lowest BCUT2D eigenvalue weighted by atomic mass is 10.0. The predicted octanol–water partition coefficient (Wildman–Crippen LogP) is 4.87. The van der Waals surface area contributed by atoms with E-state index in [2.05, 4.69) is 30.2 Å². The molecular formula is C29H32FN9. The van der Waals surface area contributed by atoms with Crippen LogP contribution in [0.2, 0.25) is 0 Å². The van der Waals surface area contributed by atoms with Gasteiger partial charge in [0, 0.05) is 25.8 Å². The van der Waals surface area contributed by atoms with Crippen molar-refractivity contribution in [3.05, 3.63) is 84.2 Å². The standard InChI is InChI=1S/C29H32FN9/c1-38(2)17-15-33-29-32-14-13-24(37-29)22-8-4-9-23(35-22)25-19-34-28(36-25)12-11-27(31)39-16-5-10-26(39)20-6-3-7-21(30)18-20/h3-4,6-9,11-14,18-19,26,31H,5,10,15-17H2,1-2H3,(H,34,36)(H,32,33,37)/b12-11-,31-27?. The molecule has 39 heavy (non-hydrogen) atoms. The van der Waals surface area contributed by atoms with Gasteiger partial charge in [-0.05, 0) is 75.0 Å². The van der Waals surface area contributed by atoms with Gasteiger partial charge >= 0.3 is 0 Å². The topological polar surface area (TPSA) is 110 Å². The summed E-state index contributed by atoms with van der Waals surface area (Å²) >= 11 is 0. The Kier molecular flexibility index (Phi) is 8.02. The van der Waals surface area contributed by atoms with Crippen LogP contribution in [0.3, 0.4) is 0 Å². The molecule has 1 atom stereocenters. The van der Waals surface area contributed by atoms with Gasteiger partial charge in [0.05, 0.1) is 35.0 Å². The van der Waals surface area contributed by atoms with Crippen molar-refractivity contribution < 1.29 is 4.39 Å². The fourth-order valence-corrected chi connectivity index (χ4v) is 4.63. The molecule has 1 saturated heterocycles. The molecule has 9 nitrogen and oxygen atoms in total. The molecule has 10 heteroatoms. The summed E-state index contributed by atoms with van der Waals surface area (Å²) in [7, 11) is 4.04. The Bertz CT molecular complexity index is 1460. The number of nitrogens with one attached hydrogen (secondary N) is 3. The number of aromatic nitrogens is 5. The molecule has 0 amide bonds. The second kappa shape index (κ2) is 12.0. The maximum atomic E-state index is 13.8. The van der Waals surface area contributed by atoms with Crippen molar-refractivity contribution in [2.75, 3.05) is 39.0 Å². The van der Waals surface area contributed by atoms with Crippen LogP contribution in [0.1, 0.15) is 30.3 Å². The average Bonchev–Trinajstić information content (AvgIpc) is 3.62. The number of likely N-dealkylation sites (tertiary alicyclic amines) is 1. The van der Waals surface area contributed by atoms with Gasteiger partial charge in [-0.25, -0.2) is 24.3 Å². The molecule has 3 aromatic heterocycles. The second-order valence-corrected chi connectivity index (χ2v) is 9.71. The molecule has 4 heterocycles. The summed E-state index contributed by atoms with van der Waals surface area (Å²) < 4.78 is 13.8.